The molecule has 3 nitrogen and oxygen atoms in total. The molecular formula is C10H8ClF4NO2. The first-order chi connectivity index (χ1) is 8.24. The van der Waals surface area contributed by atoms with Gasteiger partial charge in [0.05, 0.1) is 17.8 Å². The summed E-state index contributed by atoms with van der Waals surface area (Å²) in [6.07, 6.45) is -3.84. The number of nitrogens with one attached hydrogen (secondary N) is 1. The number of rotatable bonds is 5. The van der Waals surface area contributed by atoms with Crippen molar-refractivity contribution in [3.63, 3.8) is 0 Å². The van der Waals surface area contributed by atoms with Crippen LogP contribution in [0.5, 0.6) is 0 Å². The molecule has 0 spiro atoms. The van der Waals surface area contributed by atoms with E-state index in [0.717, 1.165) is 12.1 Å². The largest absolute Gasteiger partial charge is 0.478 e. The standard InChI is InChI=1S/C10H8ClF4NO2/c11-5-1-2-6(8(17)18)7(3-5)16-4-10(14,15)9(12)13/h1-3,9,16H,4H2,(H,17,18). The number of halogens is 5. The molecule has 2 N–H and O–H groups in total. The van der Waals surface area contributed by atoms with Gasteiger partial charge in [0.25, 0.3) is 0 Å². The zero-order valence-corrected chi connectivity index (χ0v) is 9.52. The van der Waals surface area contributed by atoms with Crippen molar-refractivity contribution in [2.45, 2.75) is 12.3 Å². The van der Waals surface area contributed by atoms with Crippen molar-refractivity contribution in [1.29, 1.82) is 0 Å². The van der Waals surface area contributed by atoms with E-state index >= 15 is 0 Å². The molecule has 100 valence electrons. The van der Waals surface area contributed by atoms with Crippen LogP contribution in [-0.4, -0.2) is 30.0 Å². The zero-order valence-electron chi connectivity index (χ0n) is 8.76. The molecule has 0 unspecified atom stereocenters. The number of carboxylic acids is 1. The Morgan fingerprint density at radius 1 is 1.44 bits per heavy atom. The molecule has 0 atom stereocenters. The van der Waals surface area contributed by atoms with Crippen molar-refractivity contribution in [3.05, 3.63) is 28.8 Å². The fraction of sp³-hybridized carbons (Fsp3) is 0.300. The Labute approximate surface area is 104 Å². The monoisotopic (exact) mass is 285 g/mol. The topological polar surface area (TPSA) is 49.3 Å². The fourth-order valence-corrected chi connectivity index (χ4v) is 1.31. The van der Waals surface area contributed by atoms with Crippen LogP contribution >= 0.6 is 11.6 Å². The highest BCUT2D eigenvalue weighted by molar-refractivity contribution is 6.31. The summed E-state index contributed by atoms with van der Waals surface area (Å²) in [6, 6.07) is 3.42. The van der Waals surface area contributed by atoms with Crippen molar-refractivity contribution in [1.82, 2.24) is 0 Å². The van der Waals surface area contributed by atoms with E-state index in [-0.39, 0.29) is 16.3 Å². The van der Waals surface area contributed by atoms with E-state index < -0.39 is 24.9 Å². The number of benzene rings is 1. The van der Waals surface area contributed by atoms with Crippen molar-refractivity contribution < 1.29 is 27.5 Å². The summed E-state index contributed by atoms with van der Waals surface area (Å²) in [5.74, 6) is -5.63. The fourth-order valence-electron chi connectivity index (χ4n) is 1.14. The molecule has 18 heavy (non-hydrogen) atoms. The highest BCUT2D eigenvalue weighted by Gasteiger charge is 2.40. The number of anilines is 1. The van der Waals surface area contributed by atoms with Gasteiger partial charge in [-0.25, -0.2) is 13.6 Å². The summed E-state index contributed by atoms with van der Waals surface area (Å²) < 4.78 is 49.2. The van der Waals surface area contributed by atoms with Crippen LogP contribution in [0.4, 0.5) is 23.2 Å². The Kier molecular flexibility index (Phi) is 4.39. The van der Waals surface area contributed by atoms with Gasteiger partial charge in [0.2, 0.25) is 0 Å². The summed E-state index contributed by atoms with van der Waals surface area (Å²) in [6.45, 7) is -1.38. The lowest BCUT2D eigenvalue weighted by Gasteiger charge is -2.17. The highest BCUT2D eigenvalue weighted by Crippen LogP contribution is 2.26. The van der Waals surface area contributed by atoms with Gasteiger partial charge in [0.1, 0.15) is 0 Å². The van der Waals surface area contributed by atoms with Crippen LogP contribution in [-0.2, 0) is 0 Å². The molecule has 1 rings (SSSR count). The number of carbonyl (C=O) groups is 1. The van der Waals surface area contributed by atoms with Crippen LogP contribution in [0.2, 0.25) is 5.02 Å². The van der Waals surface area contributed by atoms with E-state index in [1.165, 1.54) is 6.07 Å². The van der Waals surface area contributed by atoms with Crippen LogP contribution in [0.1, 0.15) is 10.4 Å². The Morgan fingerprint density at radius 3 is 2.56 bits per heavy atom. The van der Waals surface area contributed by atoms with Gasteiger partial charge in [-0.15, -0.1) is 0 Å². The smallest absolute Gasteiger partial charge is 0.337 e. The third-order valence-electron chi connectivity index (χ3n) is 2.05. The quantitative estimate of drug-likeness (QED) is 0.816. The molecule has 0 aliphatic rings. The van der Waals surface area contributed by atoms with Gasteiger partial charge in [-0.1, -0.05) is 11.6 Å². The van der Waals surface area contributed by atoms with Gasteiger partial charge in [-0.05, 0) is 18.2 Å². The number of carboxylic acid groups (broad SMARTS) is 1. The zero-order chi connectivity index (χ0) is 13.9. The van der Waals surface area contributed by atoms with Crippen LogP contribution in [0.25, 0.3) is 0 Å². The van der Waals surface area contributed by atoms with Gasteiger partial charge in [-0.3, -0.25) is 0 Å². The minimum atomic E-state index is -4.25. The Morgan fingerprint density at radius 2 is 2.06 bits per heavy atom. The third kappa shape index (κ3) is 3.49. The van der Waals surface area contributed by atoms with Crippen molar-refractivity contribution in [2.24, 2.45) is 0 Å². The lowest BCUT2D eigenvalue weighted by molar-refractivity contribution is -0.117. The minimum absolute atomic E-state index is 0.0999. The van der Waals surface area contributed by atoms with Gasteiger partial charge in [-0.2, -0.15) is 8.78 Å². The van der Waals surface area contributed by atoms with Crippen LogP contribution in [0, 0.1) is 0 Å². The second kappa shape index (κ2) is 5.43. The van der Waals surface area contributed by atoms with E-state index in [2.05, 4.69) is 0 Å². The van der Waals surface area contributed by atoms with Crippen molar-refractivity contribution >= 4 is 23.3 Å². The minimum Gasteiger partial charge on any atom is -0.478 e. The summed E-state index contributed by atoms with van der Waals surface area (Å²) in [7, 11) is 0. The SMILES string of the molecule is O=C(O)c1ccc(Cl)cc1NCC(F)(F)C(F)F. The third-order valence-corrected chi connectivity index (χ3v) is 2.28. The van der Waals surface area contributed by atoms with Crippen molar-refractivity contribution in [3.8, 4) is 0 Å². The Balaban J connectivity index is 2.90. The lowest BCUT2D eigenvalue weighted by Crippen LogP contribution is -2.35. The molecule has 1 aromatic carbocycles. The molecule has 0 heterocycles. The molecule has 0 aromatic heterocycles. The second-order valence-electron chi connectivity index (χ2n) is 3.41. The molecule has 0 fully saturated rings. The maximum Gasteiger partial charge on any atom is 0.337 e. The predicted molar refractivity (Wildman–Crippen MR) is 57.9 cm³/mol. The Bertz CT molecular complexity index is 454. The molecule has 8 heteroatoms. The number of hydrogen-bond donors (Lipinski definition) is 2. The molecule has 0 bridgehead atoms. The normalized spacial score (nSPS) is 11.7. The first-order valence-corrected chi connectivity index (χ1v) is 5.04. The summed E-state index contributed by atoms with van der Waals surface area (Å²) in [5, 5.41) is 10.8. The van der Waals surface area contributed by atoms with Gasteiger partial charge < -0.3 is 10.4 Å². The van der Waals surface area contributed by atoms with E-state index in [1.54, 1.807) is 0 Å². The molecule has 0 aliphatic heterocycles. The maximum atomic E-state index is 12.7. The molecule has 0 saturated heterocycles. The molecule has 0 aliphatic carbocycles. The second-order valence-corrected chi connectivity index (χ2v) is 3.85. The van der Waals surface area contributed by atoms with Gasteiger partial charge in [0.15, 0.2) is 0 Å². The maximum absolute atomic E-state index is 12.7. The average molecular weight is 286 g/mol. The average Bonchev–Trinajstić information content (AvgIpc) is 2.26. The molecule has 0 radical (unpaired) electrons. The first kappa shape index (κ1) is 14.6. The van der Waals surface area contributed by atoms with Crippen LogP contribution < -0.4 is 5.32 Å². The molecule has 1 aromatic rings. The van der Waals surface area contributed by atoms with E-state index in [1.807, 2.05) is 5.32 Å². The van der Waals surface area contributed by atoms with Gasteiger partial charge in [0, 0.05) is 5.02 Å². The number of aromatic carboxylic acids is 1. The molecular weight excluding hydrogens is 278 g/mol. The number of hydrogen-bond acceptors (Lipinski definition) is 2. The number of alkyl halides is 4. The summed E-state index contributed by atoms with van der Waals surface area (Å²) in [5.41, 5.74) is -0.570. The van der Waals surface area contributed by atoms with Crippen LogP contribution in [0.3, 0.4) is 0 Å². The predicted octanol–water partition coefficient (Wildman–Crippen LogP) is 3.35. The van der Waals surface area contributed by atoms with Gasteiger partial charge >= 0.3 is 18.3 Å². The van der Waals surface area contributed by atoms with E-state index in [0.29, 0.717) is 0 Å². The lowest BCUT2D eigenvalue weighted by atomic mass is 10.1. The van der Waals surface area contributed by atoms with Crippen LogP contribution in [0.15, 0.2) is 18.2 Å². The summed E-state index contributed by atoms with van der Waals surface area (Å²) >= 11 is 5.57. The Hall–Kier alpha value is -1.50. The highest BCUT2D eigenvalue weighted by atomic mass is 35.5. The first-order valence-electron chi connectivity index (χ1n) is 4.66. The summed E-state index contributed by atoms with van der Waals surface area (Å²) in [4.78, 5) is 10.8. The van der Waals surface area contributed by atoms with E-state index in [9.17, 15) is 22.4 Å². The van der Waals surface area contributed by atoms with E-state index in [4.69, 9.17) is 16.7 Å². The van der Waals surface area contributed by atoms with Crippen molar-refractivity contribution in [2.75, 3.05) is 11.9 Å². The molecule has 0 amide bonds. The molecule has 0 saturated carbocycles.